The Morgan fingerprint density at radius 2 is 1.74 bits per heavy atom. The van der Waals surface area contributed by atoms with E-state index in [-0.39, 0.29) is 35.9 Å². The van der Waals surface area contributed by atoms with Crippen molar-refractivity contribution in [2.75, 3.05) is 6.61 Å². The molecule has 0 fully saturated rings. The highest BCUT2D eigenvalue weighted by Gasteiger charge is 2.17. The second kappa shape index (κ2) is 13.2. The van der Waals surface area contributed by atoms with Crippen molar-refractivity contribution in [3.8, 4) is 11.5 Å². The van der Waals surface area contributed by atoms with Crippen LogP contribution in [0.1, 0.15) is 40.9 Å². The highest BCUT2D eigenvalue weighted by molar-refractivity contribution is 6.35. The summed E-state index contributed by atoms with van der Waals surface area (Å²) < 4.78 is 12.6. The molecular weight excluding hydrogens is 599 g/mol. The smallest absolute Gasteiger partial charge is 0.349 e. The third kappa shape index (κ3) is 7.02. The zero-order valence-electron chi connectivity index (χ0n) is 22.4. The maximum absolute atomic E-state index is 13.0. The van der Waals surface area contributed by atoms with Crippen LogP contribution in [0.15, 0.2) is 84.9 Å². The van der Waals surface area contributed by atoms with E-state index in [4.69, 9.17) is 44.3 Å². The van der Waals surface area contributed by atoms with Crippen LogP contribution >= 0.6 is 34.8 Å². The van der Waals surface area contributed by atoms with Gasteiger partial charge < -0.3 is 14.8 Å². The Kier molecular flexibility index (Phi) is 9.27. The molecule has 0 spiro atoms. The molecule has 0 unspecified atom stereocenters. The topological polar surface area (TPSA) is 95.3 Å². The monoisotopic (exact) mass is 622 g/mol. The average Bonchev–Trinajstić information content (AvgIpc) is 3.39. The first kappa shape index (κ1) is 29.4. The summed E-state index contributed by atoms with van der Waals surface area (Å²) in [5.74, 6) is -0.217. The van der Waals surface area contributed by atoms with E-state index in [1.54, 1.807) is 47.1 Å². The number of hydrogen-bond donors (Lipinski definition) is 1. The minimum Gasteiger partial charge on any atom is -0.482 e. The Bertz CT molecular complexity index is 1740. The van der Waals surface area contributed by atoms with Gasteiger partial charge in [0.25, 0.3) is 5.91 Å². The van der Waals surface area contributed by atoms with Gasteiger partial charge in [-0.05, 0) is 72.1 Å². The molecule has 0 radical (unpaired) electrons. The molecule has 1 aromatic heterocycles. The van der Waals surface area contributed by atoms with Gasteiger partial charge in [-0.3, -0.25) is 4.79 Å². The van der Waals surface area contributed by atoms with Crippen LogP contribution in [-0.4, -0.2) is 33.5 Å². The summed E-state index contributed by atoms with van der Waals surface area (Å²) in [4.78, 5) is 25.3. The molecule has 0 saturated heterocycles. The summed E-state index contributed by atoms with van der Waals surface area (Å²) >= 11 is 18.4. The number of aromatic nitrogens is 3. The van der Waals surface area contributed by atoms with Gasteiger partial charge in [-0.2, -0.15) is 0 Å². The second-order valence-electron chi connectivity index (χ2n) is 9.39. The van der Waals surface area contributed by atoms with Gasteiger partial charge in [-0.25, -0.2) is 9.48 Å². The molecule has 214 valence electrons. The zero-order valence-corrected chi connectivity index (χ0v) is 24.7. The largest absolute Gasteiger partial charge is 0.482 e. The van der Waals surface area contributed by atoms with Gasteiger partial charge >= 0.3 is 5.97 Å². The lowest BCUT2D eigenvalue weighted by atomic mass is 10.0. The van der Waals surface area contributed by atoms with Crippen LogP contribution in [0.2, 0.25) is 15.1 Å². The molecule has 1 N–H and O–H groups in total. The third-order valence-corrected chi connectivity index (χ3v) is 7.40. The first-order chi connectivity index (χ1) is 20.3. The molecule has 11 heteroatoms. The molecule has 8 nitrogen and oxygen atoms in total. The molecule has 0 saturated carbocycles. The summed E-state index contributed by atoms with van der Waals surface area (Å²) in [5.41, 5.74) is 3.54. The Balaban J connectivity index is 1.25. The normalized spacial score (nSPS) is 11.7. The second-order valence-corrected chi connectivity index (χ2v) is 10.6. The molecule has 0 aliphatic heterocycles. The first-order valence-corrected chi connectivity index (χ1v) is 14.2. The fourth-order valence-corrected chi connectivity index (χ4v) is 4.98. The van der Waals surface area contributed by atoms with Crippen molar-refractivity contribution < 1.29 is 19.1 Å². The summed E-state index contributed by atoms with van der Waals surface area (Å²) in [6.45, 7) is 1.97. The van der Waals surface area contributed by atoms with Gasteiger partial charge in [0.1, 0.15) is 17.0 Å². The van der Waals surface area contributed by atoms with E-state index in [1.165, 1.54) is 12.1 Å². The summed E-state index contributed by atoms with van der Waals surface area (Å²) in [7, 11) is 0. The van der Waals surface area contributed by atoms with Crippen LogP contribution in [0.3, 0.4) is 0 Å². The van der Waals surface area contributed by atoms with E-state index in [2.05, 4.69) is 15.6 Å². The third-order valence-electron chi connectivity index (χ3n) is 6.50. The standard InChI is InChI=1S/C31H25Cl3N4O4/c1-2-26(19-6-4-3-5-7-19)35-31(40)20-8-12-28-27(15-20)36-37-38(28)17-21-14-23(10-11-24(21)33)41-18-30(39)42-29-13-9-22(32)16-25(29)34/h3-16,26H,2,17-18H2,1H3,(H,35,40)/t26-/m0/s1. The van der Waals surface area contributed by atoms with Gasteiger partial charge in [0, 0.05) is 15.6 Å². The number of amides is 1. The lowest BCUT2D eigenvalue weighted by molar-refractivity contribution is -0.136. The minimum absolute atomic E-state index is 0.0983. The molecule has 0 aliphatic rings. The van der Waals surface area contributed by atoms with E-state index in [1.807, 2.05) is 37.3 Å². The molecule has 0 aliphatic carbocycles. The van der Waals surface area contributed by atoms with Crippen LogP contribution in [0.5, 0.6) is 11.5 Å². The Hall–Kier alpha value is -4.11. The molecule has 4 aromatic carbocycles. The summed E-state index contributed by atoms with van der Waals surface area (Å²) in [6, 6.07) is 24.6. The van der Waals surface area contributed by atoms with Crippen LogP contribution in [0.25, 0.3) is 11.0 Å². The van der Waals surface area contributed by atoms with E-state index < -0.39 is 5.97 Å². The van der Waals surface area contributed by atoms with Crippen molar-refractivity contribution >= 4 is 57.7 Å². The number of nitrogens with zero attached hydrogens (tertiary/aromatic N) is 3. The van der Waals surface area contributed by atoms with Crippen molar-refractivity contribution in [1.29, 1.82) is 0 Å². The van der Waals surface area contributed by atoms with E-state index in [0.717, 1.165) is 17.5 Å². The number of hydrogen-bond acceptors (Lipinski definition) is 6. The van der Waals surface area contributed by atoms with Crippen molar-refractivity contribution in [2.24, 2.45) is 0 Å². The number of fused-ring (bicyclic) bond motifs is 1. The predicted molar refractivity (Wildman–Crippen MR) is 163 cm³/mol. The summed E-state index contributed by atoms with van der Waals surface area (Å²) in [6.07, 6.45) is 0.760. The number of benzene rings is 4. The molecular formula is C31H25Cl3N4O4. The van der Waals surface area contributed by atoms with E-state index in [9.17, 15) is 9.59 Å². The fraction of sp³-hybridized carbons (Fsp3) is 0.161. The Labute approximate surface area is 257 Å². The fourth-order valence-electron chi connectivity index (χ4n) is 4.35. The maximum atomic E-state index is 13.0. The number of halogens is 3. The van der Waals surface area contributed by atoms with Crippen LogP contribution in [0.4, 0.5) is 0 Å². The molecule has 5 aromatic rings. The number of nitrogens with one attached hydrogen (secondary N) is 1. The lowest BCUT2D eigenvalue weighted by Gasteiger charge is -2.17. The number of ether oxygens (including phenoxy) is 2. The van der Waals surface area contributed by atoms with Crippen molar-refractivity contribution in [3.05, 3.63) is 117 Å². The lowest BCUT2D eigenvalue weighted by Crippen LogP contribution is -2.28. The van der Waals surface area contributed by atoms with E-state index in [0.29, 0.717) is 32.4 Å². The van der Waals surface area contributed by atoms with Gasteiger partial charge in [-0.15, -0.1) is 5.10 Å². The number of esters is 1. The van der Waals surface area contributed by atoms with Crippen molar-refractivity contribution in [2.45, 2.75) is 25.9 Å². The Morgan fingerprint density at radius 3 is 2.50 bits per heavy atom. The van der Waals surface area contributed by atoms with Crippen molar-refractivity contribution in [1.82, 2.24) is 20.3 Å². The molecule has 42 heavy (non-hydrogen) atoms. The average molecular weight is 624 g/mol. The van der Waals surface area contributed by atoms with Crippen LogP contribution < -0.4 is 14.8 Å². The van der Waals surface area contributed by atoms with Gasteiger partial charge in [0.05, 0.1) is 23.1 Å². The molecule has 1 atom stereocenters. The molecule has 1 heterocycles. The maximum Gasteiger partial charge on any atom is 0.349 e. The summed E-state index contributed by atoms with van der Waals surface area (Å²) in [5, 5.41) is 12.7. The van der Waals surface area contributed by atoms with Crippen LogP contribution in [-0.2, 0) is 11.3 Å². The number of rotatable bonds is 10. The van der Waals surface area contributed by atoms with E-state index >= 15 is 0 Å². The van der Waals surface area contributed by atoms with Crippen molar-refractivity contribution in [3.63, 3.8) is 0 Å². The quantitative estimate of drug-likeness (QED) is 0.130. The Morgan fingerprint density at radius 1 is 0.929 bits per heavy atom. The highest BCUT2D eigenvalue weighted by Crippen LogP contribution is 2.28. The predicted octanol–water partition coefficient (Wildman–Crippen LogP) is 7.31. The van der Waals surface area contributed by atoms with Gasteiger partial charge in [0.15, 0.2) is 6.61 Å². The zero-order chi connectivity index (χ0) is 29.6. The van der Waals surface area contributed by atoms with Gasteiger partial charge in [0.2, 0.25) is 0 Å². The minimum atomic E-state index is -0.633. The molecule has 0 bridgehead atoms. The molecule has 5 rings (SSSR count). The SMILES string of the molecule is CC[C@H](NC(=O)c1ccc2c(c1)nnn2Cc1cc(OCC(=O)Oc2ccc(Cl)cc2Cl)ccc1Cl)c1ccccc1. The number of carbonyl (C=O) groups is 2. The number of carbonyl (C=O) groups excluding carboxylic acids is 2. The van der Waals surface area contributed by atoms with Gasteiger partial charge in [-0.1, -0.05) is 77.3 Å². The molecule has 1 amide bonds. The highest BCUT2D eigenvalue weighted by atomic mass is 35.5. The van der Waals surface area contributed by atoms with Crippen LogP contribution in [0, 0.1) is 0 Å². The first-order valence-electron chi connectivity index (χ1n) is 13.1.